The van der Waals surface area contributed by atoms with Crippen molar-refractivity contribution in [3.05, 3.63) is 24.3 Å². The van der Waals surface area contributed by atoms with Crippen molar-refractivity contribution in [1.82, 2.24) is 5.32 Å². The molecule has 0 aromatic carbocycles. The third kappa shape index (κ3) is 30.3. The summed E-state index contributed by atoms with van der Waals surface area (Å²) in [6, 6.07) is -1.13. The van der Waals surface area contributed by atoms with E-state index in [0.717, 1.165) is 38.5 Å². The fourth-order valence-corrected chi connectivity index (χ4v) is 8.22. The van der Waals surface area contributed by atoms with Crippen LogP contribution in [0.2, 0.25) is 0 Å². The van der Waals surface area contributed by atoms with Gasteiger partial charge in [0, 0.05) is 0 Å². The van der Waals surface area contributed by atoms with Crippen LogP contribution in [0.15, 0.2) is 24.3 Å². The van der Waals surface area contributed by atoms with Gasteiger partial charge in [0.25, 0.3) is 0 Å². The van der Waals surface area contributed by atoms with Gasteiger partial charge in [0.2, 0.25) is 5.91 Å². The summed E-state index contributed by atoms with van der Waals surface area (Å²) < 4.78 is 47.5. The highest BCUT2D eigenvalue weighted by Gasteiger charge is 2.48. The van der Waals surface area contributed by atoms with Crippen molar-refractivity contribution in [3.8, 4) is 0 Å². The molecule has 1 amide bonds. The van der Waals surface area contributed by atoms with E-state index in [0.29, 0.717) is 12.8 Å². The number of carbonyl (C=O) groups excluding carboxylic acids is 1. The number of unbranched alkanes of at least 4 members (excludes halogenated alkanes) is 26. The van der Waals surface area contributed by atoms with E-state index in [4.69, 9.17) is 9.47 Å². The van der Waals surface area contributed by atoms with Crippen LogP contribution in [0, 0.1) is 0 Å². The van der Waals surface area contributed by atoms with Crippen molar-refractivity contribution >= 4 is 16.3 Å². The van der Waals surface area contributed by atoms with Crippen LogP contribution in [-0.2, 0) is 28.9 Å². The van der Waals surface area contributed by atoms with Crippen LogP contribution < -0.4 is 5.32 Å². The normalized spacial score (nSPS) is 21.3. The van der Waals surface area contributed by atoms with Gasteiger partial charge >= 0.3 is 10.4 Å². The first-order valence-electron chi connectivity index (χ1n) is 24.3. The van der Waals surface area contributed by atoms with Crippen LogP contribution in [-0.4, -0.2) is 107 Å². The predicted molar refractivity (Wildman–Crippen MR) is 242 cm³/mol. The molecule has 0 aromatic rings. The Hall–Kier alpha value is -1.46. The number of aliphatic hydroxyl groups is 5. The van der Waals surface area contributed by atoms with Gasteiger partial charge in [-0.1, -0.05) is 199 Å². The SMILES string of the molecule is CCCCCCCCCCC/C=C/CC/C=C/C(O)C(COC1OC(CO)C(O)C(OS(=O)(=O)O)C1O)NC(=O)C(O)CCCCCCCCCCCCCCCCCCC. The zero-order chi connectivity index (χ0) is 45.0. The molecule has 14 heteroatoms. The number of allylic oxidation sites excluding steroid dienone is 3. The lowest BCUT2D eigenvalue weighted by molar-refractivity contribution is -0.298. The summed E-state index contributed by atoms with van der Waals surface area (Å²) in [5.74, 6) is -0.710. The highest BCUT2D eigenvalue weighted by molar-refractivity contribution is 7.80. The predicted octanol–water partition coefficient (Wildman–Crippen LogP) is 8.69. The molecule has 360 valence electrons. The van der Waals surface area contributed by atoms with Crippen LogP contribution in [0.25, 0.3) is 0 Å². The smallest absolute Gasteiger partial charge is 0.394 e. The summed E-state index contributed by atoms with van der Waals surface area (Å²) in [5, 5.41) is 55.2. The Morgan fingerprint density at radius 3 is 1.57 bits per heavy atom. The van der Waals surface area contributed by atoms with Crippen LogP contribution >= 0.6 is 0 Å². The van der Waals surface area contributed by atoms with Crippen molar-refractivity contribution in [2.24, 2.45) is 0 Å². The fraction of sp³-hybridized carbons (Fsp3) is 0.894. The van der Waals surface area contributed by atoms with E-state index in [1.807, 2.05) is 0 Å². The minimum absolute atomic E-state index is 0.241. The lowest BCUT2D eigenvalue weighted by Gasteiger charge is -2.41. The molecule has 1 rings (SSSR count). The maximum atomic E-state index is 13.1. The topological polar surface area (TPSA) is 212 Å². The Morgan fingerprint density at radius 1 is 0.656 bits per heavy atom. The van der Waals surface area contributed by atoms with Crippen LogP contribution in [0.1, 0.15) is 206 Å². The van der Waals surface area contributed by atoms with Crippen LogP contribution in [0.4, 0.5) is 0 Å². The Morgan fingerprint density at radius 2 is 1.10 bits per heavy atom. The second kappa shape index (κ2) is 37.9. The molecule has 0 aliphatic carbocycles. The lowest BCUT2D eigenvalue weighted by atomic mass is 9.99. The summed E-state index contributed by atoms with van der Waals surface area (Å²) in [6.45, 7) is 3.21. The highest BCUT2D eigenvalue weighted by Crippen LogP contribution is 2.26. The molecule has 1 saturated heterocycles. The third-order valence-corrected chi connectivity index (χ3v) is 12.1. The molecule has 61 heavy (non-hydrogen) atoms. The summed E-state index contributed by atoms with van der Waals surface area (Å²) in [5.41, 5.74) is 0. The Bertz CT molecular complexity index is 1200. The molecule has 0 aromatic heterocycles. The summed E-state index contributed by atoms with van der Waals surface area (Å²) in [7, 11) is -5.12. The number of ether oxygens (including phenoxy) is 2. The summed E-state index contributed by atoms with van der Waals surface area (Å²) in [6.07, 6.45) is 31.2. The monoisotopic (exact) mass is 892 g/mol. The molecule has 0 radical (unpaired) electrons. The molecule has 0 spiro atoms. The fourth-order valence-electron chi connectivity index (χ4n) is 7.71. The van der Waals surface area contributed by atoms with Gasteiger partial charge in [0.1, 0.15) is 30.5 Å². The molecule has 1 aliphatic rings. The summed E-state index contributed by atoms with van der Waals surface area (Å²) >= 11 is 0. The minimum atomic E-state index is -5.12. The van der Waals surface area contributed by atoms with Gasteiger partial charge in [0.05, 0.1) is 25.4 Å². The lowest BCUT2D eigenvalue weighted by Crippen LogP contribution is -2.61. The number of hydrogen-bond acceptors (Lipinski definition) is 11. The minimum Gasteiger partial charge on any atom is -0.394 e. The first-order chi connectivity index (χ1) is 29.4. The molecule has 0 saturated carbocycles. The van der Waals surface area contributed by atoms with Gasteiger partial charge in [-0.3, -0.25) is 9.35 Å². The van der Waals surface area contributed by atoms with Gasteiger partial charge in [-0.05, 0) is 32.1 Å². The number of hydrogen-bond donors (Lipinski definition) is 7. The van der Waals surface area contributed by atoms with E-state index in [1.54, 1.807) is 6.08 Å². The Labute approximate surface area is 370 Å². The van der Waals surface area contributed by atoms with E-state index in [9.17, 15) is 43.3 Å². The molecular weight excluding hydrogens is 803 g/mol. The first kappa shape index (κ1) is 57.6. The van der Waals surface area contributed by atoms with Crippen molar-refractivity contribution in [1.29, 1.82) is 0 Å². The van der Waals surface area contributed by atoms with Gasteiger partial charge in [-0.15, -0.1) is 0 Å². The highest BCUT2D eigenvalue weighted by atomic mass is 32.3. The van der Waals surface area contributed by atoms with E-state index in [1.165, 1.54) is 141 Å². The Balaban J connectivity index is 2.57. The van der Waals surface area contributed by atoms with Gasteiger partial charge in [-0.25, -0.2) is 4.18 Å². The van der Waals surface area contributed by atoms with E-state index in [2.05, 4.69) is 35.5 Å². The molecule has 7 N–H and O–H groups in total. The van der Waals surface area contributed by atoms with Crippen molar-refractivity contribution in [3.63, 3.8) is 0 Å². The van der Waals surface area contributed by atoms with Crippen molar-refractivity contribution in [2.75, 3.05) is 13.2 Å². The van der Waals surface area contributed by atoms with E-state index in [-0.39, 0.29) is 6.42 Å². The van der Waals surface area contributed by atoms with Crippen LogP contribution in [0.5, 0.6) is 0 Å². The molecule has 1 fully saturated rings. The average Bonchev–Trinajstić information content (AvgIpc) is 3.23. The standard InChI is InChI=1S/C47H89NO12S/c1-3-5-7-9-11-13-15-17-19-20-22-24-26-28-30-32-34-36-41(51)46(54)48-39(38-58-47-44(53)45(60-61(55,56)57)43(52)42(37-49)59-47)40(50)35-33-31-29-27-25-23-21-18-16-14-12-10-8-6-4-2/h25,27,33,35,39-45,47,49-53H,3-24,26,28-32,34,36-38H2,1-2H3,(H,48,54)(H,55,56,57)/b27-25+,35-33+. The average molecular weight is 892 g/mol. The third-order valence-electron chi connectivity index (χ3n) is 11.6. The number of carbonyl (C=O) groups is 1. The summed E-state index contributed by atoms with van der Waals surface area (Å²) in [4.78, 5) is 13.1. The maximum Gasteiger partial charge on any atom is 0.397 e. The molecule has 8 unspecified atom stereocenters. The second-order valence-corrected chi connectivity index (χ2v) is 18.2. The van der Waals surface area contributed by atoms with E-state index >= 15 is 0 Å². The zero-order valence-electron chi connectivity index (χ0n) is 38.1. The van der Waals surface area contributed by atoms with Gasteiger partial charge in [0.15, 0.2) is 6.29 Å². The molecule has 0 bridgehead atoms. The van der Waals surface area contributed by atoms with Gasteiger partial charge in [-0.2, -0.15) is 8.42 Å². The van der Waals surface area contributed by atoms with Crippen molar-refractivity contribution < 1.29 is 57.0 Å². The molecule has 13 nitrogen and oxygen atoms in total. The number of rotatable bonds is 41. The second-order valence-electron chi connectivity index (χ2n) is 17.2. The maximum absolute atomic E-state index is 13.1. The molecule has 1 heterocycles. The number of amides is 1. The Kier molecular flexibility index (Phi) is 35.7. The number of nitrogens with one attached hydrogen (secondary N) is 1. The molecular formula is C47H89NO12S. The quantitative estimate of drug-likeness (QED) is 0.0175. The van der Waals surface area contributed by atoms with Crippen molar-refractivity contribution in [2.45, 2.75) is 255 Å². The van der Waals surface area contributed by atoms with Crippen LogP contribution in [0.3, 0.4) is 0 Å². The zero-order valence-corrected chi connectivity index (χ0v) is 38.9. The number of aliphatic hydroxyl groups excluding tert-OH is 5. The first-order valence-corrected chi connectivity index (χ1v) is 25.7. The van der Waals surface area contributed by atoms with E-state index < -0.39 is 78.5 Å². The largest absolute Gasteiger partial charge is 0.397 e. The molecule has 8 atom stereocenters. The van der Waals surface area contributed by atoms with Gasteiger partial charge < -0.3 is 40.3 Å². The molecule has 1 aliphatic heterocycles.